The second-order valence-electron chi connectivity index (χ2n) is 7.02. The van der Waals surface area contributed by atoms with Crippen molar-refractivity contribution in [2.75, 3.05) is 0 Å². The van der Waals surface area contributed by atoms with Gasteiger partial charge in [0.2, 0.25) is 0 Å². The van der Waals surface area contributed by atoms with Crippen LogP contribution in [0.4, 0.5) is 4.39 Å². The first-order chi connectivity index (χ1) is 12.6. The maximum Gasteiger partial charge on any atom is 0.163 e. The normalized spacial score (nSPS) is 17.8. The monoisotopic (exact) mass is 348 g/mol. The van der Waals surface area contributed by atoms with E-state index in [0.29, 0.717) is 6.42 Å². The Hall–Kier alpha value is -2.48. The summed E-state index contributed by atoms with van der Waals surface area (Å²) >= 11 is 0. The van der Waals surface area contributed by atoms with Crippen LogP contribution < -0.4 is 0 Å². The van der Waals surface area contributed by atoms with E-state index in [2.05, 4.69) is 37.3 Å². The molecule has 0 N–H and O–H groups in total. The van der Waals surface area contributed by atoms with Gasteiger partial charge >= 0.3 is 0 Å². The number of hydrogen-bond donors (Lipinski definition) is 0. The molecule has 134 valence electrons. The molecule has 0 amide bonds. The predicted octanol–water partition coefficient (Wildman–Crippen LogP) is 6.37. The van der Waals surface area contributed by atoms with Crippen LogP contribution in [-0.2, 0) is 4.79 Å². The Morgan fingerprint density at radius 3 is 2.58 bits per heavy atom. The maximum atomic E-state index is 13.3. The second kappa shape index (κ2) is 8.75. The van der Waals surface area contributed by atoms with E-state index < -0.39 is 0 Å². The molecule has 0 bridgehead atoms. The number of benzene rings is 1. The van der Waals surface area contributed by atoms with Crippen molar-refractivity contribution in [2.24, 2.45) is 0 Å². The van der Waals surface area contributed by atoms with Gasteiger partial charge in [0.15, 0.2) is 5.78 Å². The number of carbonyl (C=O) groups excluding carboxylic acids is 1. The molecule has 0 spiro atoms. The van der Waals surface area contributed by atoms with Crippen LogP contribution in [0.5, 0.6) is 0 Å². The molecule has 1 unspecified atom stereocenters. The Balaban J connectivity index is 1.80. The fourth-order valence-corrected chi connectivity index (χ4v) is 3.41. The molecule has 0 fully saturated rings. The van der Waals surface area contributed by atoms with Gasteiger partial charge in [0.1, 0.15) is 5.82 Å². The fourth-order valence-electron chi connectivity index (χ4n) is 3.41. The second-order valence-corrected chi connectivity index (χ2v) is 7.02. The van der Waals surface area contributed by atoms with Crippen LogP contribution in [0.1, 0.15) is 50.5 Å². The molecule has 2 aliphatic rings. The van der Waals surface area contributed by atoms with E-state index in [1.807, 2.05) is 24.3 Å². The summed E-state index contributed by atoms with van der Waals surface area (Å²) in [6, 6.07) is 6.58. The molecule has 2 aliphatic carbocycles. The SMILES string of the molecule is CC1=CCC=C(CC(CC(=O)C2=CCCC=C2)c2ccc(F)cc2)C=C1. The van der Waals surface area contributed by atoms with Gasteiger partial charge in [-0.1, -0.05) is 65.8 Å². The summed E-state index contributed by atoms with van der Waals surface area (Å²) in [7, 11) is 0. The molecule has 0 heterocycles. The van der Waals surface area contributed by atoms with Crippen molar-refractivity contribution in [3.8, 4) is 0 Å². The van der Waals surface area contributed by atoms with Crippen LogP contribution in [0.25, 0.3) is 0 Å². The fraction of sp³-hybridized carbons (Fsp3) is 0.292. The van der Waals surface area contributed by atoms with Crippen LogP contribution in [0.2, 0.25) is 0 Å². The molecule has 26 heavy (non-hydrogen) atoms. The van der Waals surface area contributed by atoms with E-state index in [-0.39, 0.29) is 17.5 Å². The third-order valence-electron chi connectivity index (χ3n) is 4.95. The van der Waals surface area contributed by atoms with Crippen LogP contribution >= 0.6 is 0 Å². The molecule has 0 aliphatic heterocycles. The average molecular weight is 348 g/mol. The number of hydrogen-bond acceptors (Lipinski definition) is 1. The summed E-state index contributed by atoms with van der Waals surface area (Å²) in [5.41, 5.74) is 4.31. The molecule has 1 aromatic carbocycles. The van der Waals surface area contributed by atoms with Crippen LogP contribution in [0, 0.1) is 5.82 Å². The lowest BCUT2D eigenvalue weighted by Gasteiger charge is -2.18. The zero-order valence-corrected chi connectivity index (χ0v) is 15.2. The molecule has 0 saturated heterocycles. The Bertz CT molecular complexity index is 803. The molecule has 3 rings (SSSR count). The highest BCUT2D eigenvalue weighted by Gasteiger charge is 2.19. The van der Waals surface area contributed by atoms with E-state index >= 15 is 0 Å². The first-order valence-electron chi connectivity index (χ1n) is 9.31. The van der Waals surface area contributed by atoms with Crippen molar-refractivity contribution in [1.29, 1.82) is 0 Å². The summed E-state index contributed by atoms with van der Waals surface area (Å²) in [5.74, 6) is -0.0263. The minimum Gasteiger partial charge on any atom is -0.294 e. The summed E-state index contributed by atoms with van der Waals surface area (Å²) in [4.78, 5) is 12.8. The van der Waals surface area contributed by atoms with Crippen LogP contribution in [-0.4, -0.2) is 5.78 Å². The van der Waals surface area contributed by atoms with Crippen molar-refractivity contribution in [3.63, 3.8) is 0 Å². The lowest BCUT2D eigenvalue weighted by Crippen LogP contribution is -2.10. The van der Waals surface area contributed by atoms with E-state index in [9.17, 15) is 9.18 Å². The zero-order chi connectivity index (χ0) is 18.4. The molecule has 2 heteroatoms. The minimum atomic E-state index is -0.245. The lowest BCUT2D eigenvalue weighted by atomic mass is 9.85. The van der Waals surface area contributed by atoms with Crippen molar-refractivity contribution < 1.29 is 9.18 Å². The Morgan fingerprint density at radius 2 is 1.85 bits per heavy atom. The number of allylic oxidation sites excluding steroid dienone is 10. The van der Waals surface area contributed by atoms with Crippen LogP contribution in [0.15, 0.2) is 83.5 Å². The molecule has 0 radical (unpaired) electrons. The molecule has 0 saturated carbocycles. The minimum absolute atomic E-state index is 0.0497. The Morgan fingerprint density at radius 1 is 1.04 bits per heavy atom. The standard InChI is InChI=1S/C24H25FO/c1-18-6-5-7-19(11-10-18)16-22(20-12-14-23(25)15-13-20)17-24(26)21-8-3-2-4-9-21/h3,6-15,22H,2,4-5,16-17H2,1H3. The number of Topliss-reactive ketones (excluding diaryl/α,β-unsaturated/α-hetero) is 1. The highest BCUT2D eigenvalue weighted by Crippen LogP contribution is 2.31. The molecule has 1 aromatic rings. The van der Waals surface area contributed by atoms with Crippen LogP contribution in [0.3, 0.4) is 0 Å². The highest BCUT2D eigenvalue weighted by atomic mass is 19.1. The summed E-state index contributed by atoms with van der Waals surface area (Å²) in [6.07, 6.45) is 18.8. The summed E-state index contributed by atoms with van der Waals surface area (Å²) < 4.78 is 13.3. The van der Waals surface area contributed by atoms with Gasteiger partial charge in [-0.2, -0.15) is 0 Å². The van der Waals surface area contributed by atoms with Crippen molar-refractivity contribution >= 4 is 5.78 Å². The largest absolute Gasteiger partial charge is 0.294 e. The van der Waals surface area contributed by atoms with E-state index in [4.69, 9.17) is 0 Å². The van der Waals surface area contributed by atoms with Crippen molar-refractivity contribution in [1.82, 2.24) is 0 Å². The molecule has 0 aromatic heterocycles. The van der Waals surface area contributed by atoms with Gasteiger partial charge in [0, 0.05) is 12.0 Å². The number of rotatable bonds is 6. The average Bonchev–Trinajstić information content (AvgIpc) is 2.87. The number of ketones is 1. The first-order valence-corrected chi connectivity index (χ1v) is 9.31. The third-order valence-corrected chi connectivity index (χ3v) is 4.95. The molecular formula is C24H25FO. The van der Waals surface area contributed by atoms with Gasteiger partial charge in [-0.05, 0) is 56.2 Å². The van der Waals surface area contributed by atoms with Gasteiger partial charge in [-0.3, -0.25) is 4.79 Å². The van der Waals surface area contributed by atoms with Gasteiger partial charge in [0.25, 0.3) is 0 Å². The first kappa shape index (κ1) is 18.3. The Labute approximate surface area is 155 Å². The topological polar surface area (TPSA) is 17.1 Å². The Kier molecular flexibility index (Phi) is 6.17. The van der Waals surface area contributed by atoms with Gasteiger partial charge < -0.3 is 0 Å². The van der Waals surface area contributed by atoms with Crippen molar-refractivity contribution in [3.05, 3.63) is 94.9 Å². The number of carbonyl (C=O) groups is 1. The van der Waals surface area contributed by atoms with E-state index in [1.54, 1.807) is 0 Å². The van der Waals surface area contributed by atoms with Crippen molar-refractivity contribution in [2.45, 2.75) is 44.9 Å². The lowest BCUT2D eigenvalue weighted by molar-refractivity contribution is -0.115. The predicted molar refractivity (Wildman–Crippen MR) is 105 cm³/mol. The molecule has 1 atom stereocenters. The van der Waals surface area contributed by atoms with Gasteiger partial charge in [-0.15, -0.1) is 0 Å². The zero-order valence-electron chi connectivity index (χ0n) is 15.2. The quantitative estimate of drug-likeness (QED) is 0.584. The summed E-state index contributed by atoms with van der Waals surface area (Å²) in [5, 5.41) is 0. The molecular weight excluding hydrogens is 323 g/mol. The van der Waals surface area contributed by atoms with Gasteiger partial charge in [-0.25, -0.2) is 4.39 Å². The van der Waals surface area contributed by atoms with E-state index in [1.165, 1.54) is 23.3 Å². The van der Waals surface area contributed by atoms with E-state index in [0.717, 1.165) is 36.8 Å². The maximum absolute atomic E-state index is 13.3. The summed E-state index contributed by atoms with van der Waals surface area (Å²) in [6.45, 7) is 2.09. The molecule has 1 nitrogen and oxygen atoms in total. The smallest absolute Gasteiger partial charge is 0.163 e. The van der Waals surface area contributed by atoms with Gasteiger partial charge in [0.05, 0.1) is 0 Å². The number of halogens is 1. The third kappa shape index (κ3) is 5.01. The highest BCUT2D eigenvalue weighted by molar-refractivity contribution is 5.98.